The lowest BCUT2D eigenvalue weighted by Crippen LogP contribution is -2.21. The van der Waals surface area contributed by atoms with Gasteiger partial charge in [0.05, 0.1) is 11.8 Å². The number of amides is 1. The van der Waals surface area contributed by atoms with Gasteiger partial charge < -0.3 is 0 Å². The van der Waals surface area contributed by atoms with Crippen molar-refractivity contribution in [2.75, 3.05) is 5.32 Å². The molecule has 0 aliphatic carbocycles. The summed E-state index contributed by atoms with van der Waals surface area (Å²) in [4.78, 5) is 12.4. The van der Waals surface area contributed by atoms with Crippen molar-refractivity contribution in [1.29, 1.82) is 0 Å². The molecule has 1 aromatic carbocycles. The number of hydrogen-bond acceptors (Lipinski definition) is 5. The van der Waals surface area contributed by atoms with Gasteiger partial charge in [0, 0.05) is 12.0 Å². The van der Waals surface area contributed by atoms with Crippen molar-refractivity contribution >= 4 is 22.4 Å². The SMILES string of the molecule is CCn1ncc(C(=O)Nc2nnc(C(C)(C)c3ccccc3)s2)c1C(F)(F)F. The average Bonchev–Trinajstić information content (AvgIpc) is 3.29. The van der Waals surface area contributed by atoms with Crippen LogP contribution in [-0.4, -0.2) is 25.9 Å². The highest BCUT2D eigenvalue weighted by Gasteiger charge is 2.40. The molecule has 1 N–H and O–H groups in total. The Balaban J connectivity index is 1.85. The molecule has 2 heterocycles. The molecule has 1 amide bonds. The van der Waals surface area contributed by atoms with E-state index in [0.29, 0.717) is 5.01 Å². The number of benzene rings is 1. The number of carbonyl (C=O) groups is 1. The van der Waals surface area contributed by atoms with Gasteiger partial charge in [-0.3, -0.25) is 14.8 Å². The van der Waals surface area contributed by atoms with Gasteiger partial charge in [-0.05, 0) is 26.3 Å². The molecule has 0 saturated heterocycles. The zero-order valence-electron chi connectivity index (χ0n) is 15.4. The Bertz CT molecular complexity index is 979. The highest BCUT2D eigenvalue weighted by atomic mass is 32.1. The van der Waals surface area contributed by atoms with Crippen LogP contribution in [0.25, 0.3) is 0 Å². The molecule has 0 bridgehead atoms. The fourth-order valence-corrected chi connectivity index (χ4v) is 3.62. The first-order valence-electron chi connectivity index (χ1n) is 8.48. The van der Waals surface area contributed by atoms with Crippen molar-refractivity contribution in [3.05, 3.63) is 58.4 Å². The number of aryl methyl sites for hydroxylation is 1. The van der Waals surface area contributed by atoms with Crippen LogP contribution in [0.3, 0.4) is 0 Å². The number of halogens is 3. The number of aromatic nitrogens is 4. The van der Waals surface area contributed by atoms with Crippen LogP contribution < -0.4 is 5.32 Å². The molecular weight excluding hydrogens is 391 g/mol. The third-order valence-corrected chi connectivity index (χ3v) is 5.49. The number of nitrogens with zero attached hydrogens (tertiary/aromatic N) is 4. The van der Waals surface area contributed by atoms with Crippen molar-refractivity contribution in [2.45, 2.75) is 38.9 Å². The number of nitrogens with one attached hydrogen (secondary N) is 1. The van der Waals surface area contributed by atoms with E-state index in [1.54, 1.807) is 0 Å². The smallest absolute Gasteiger partial charge is 0.296 e. The molecule has 0 saturated carbocycles. The molecule has 0 spiro atoms. The van der Waals surface area contributed by atoms with E-state index in [1.807, 2.05) is 44.2 Å². The fraction of sp³-hybridized carbons (Fsp3) is 0.333. The summed E-state index contributed by atoms with van der Waals surface area (Å²) in [6.45, 7) is 5.44. The molecular formula is C18H18F3N5OS. The van der Waals surface area contributed by atoms with Gasteiger partial charge in [-0.15, -0.1) is 10.2 Å². The Morgan fingerprint density at radius 2 is 1.86 bits per heavy atom. The first kappa shape index (κ1) is 20.0. The van der Waals surface area contributed by atoms with Gasteiger partial charge in [0.2, 0.25) is 5.13 Å². The zero-order valence-corrected chi connectivity index (χ0v) is 16.2. The Labute approximate surface area is 163 Å². The minimum Gasteiger partial charge on any atom is -0.296 e. The van der Waals surface area contributed by atoms with Gasteiger partial charge in [-0.2, -0.15) is 18.3 Å². The molecule has 3 rings (SSSR count). The average molecular weight is 409 g/mol. The van der Waals surface area contributed by atoms with E-state index in [1.165, 1.54) is 6.92 Å². The van der Waals surface area contributed by atoms with Crippen molar-refractivity contribution in [3.63, 3.8) is 0 Å². The number of carbonyl (C=O) groups excluding carboxylic acids is 1. The largest absolute Gasteiger partial charge is 0.433 e. The maximum Gasteiger partial charge on any atom is 0.433 e. The summed E-state index contributed by atoms with van der Waals surface area (Å²) < 4.78 is 40.7. The Hall–Kier alpha value is -2.75. The topological polar surface area (TPSA) is 72.7 Å². The van der Waals surface area contributed by atoms with E-state index in [0.717, 1.165) is 27.8 Å². The Kier molecular flexibility index (Phi) is 5.24. The van der Waals surface area contributed by atoms with E-state index >= 15 is 0 Å². The maximum absolute atomic E-state index is 13.3. The fourth-order valence-electron chi connectivity index (χ4n) is 2.76. The Morgan fingerprint density at radius 1 is 1.18 bits per heavy atom. The van der Waals surface area contributed by atoms with E-state index in [9.17, 15) is 18.0 Å². The third kappa shape index (κ3) is 3.77. The highest BCUT2D eigenvalue weighted by molar-refractivity contribution is 7.15. The summed E-state index contributed by atoms with van der Waals surface area (Å²) in [5.41, 5.74) is -1.09. The summed E-state index contributed by atoms with van der Waals surface area (Å²) in [6, 6.07) is 9.62. The predicted octanol–water partition coefficient (Wildman–Crippen LogP) is 4.35. The second-order valence-corrected chi connectivity index (χ2v) is 7.56. The van der Waals surface area contributed by atoms with Gasteiger partial charge in [0.15, 0.2) is 5.69 Å². The molecule has 0 atom stereocenters. The molecule has 3 aromatic rings. The van der Waals surface area contributed by atoms with Gasteiger partial charge in [0.1, 0.15) is 5.01 Å². The van der Waals surface area contributed by atoms with Crippen molar-refractivity contribution in [3.8, 4) is 0 Å². The molecule has 28 heavy (non-hydrogen) atoms. The Morgan fingerprint density at radius 3 is 2.46 bits per heavy atom. The second-order valence-electron chi connectivity index (χ2n) is 6.58. The van der Waals surface area contributed by atoms with E-state index in [2.05, 4.69) is 20.6 Å². The second kappa shape index (κ2) is 7.34. The minimum atomic E-state index is -4.69. The van der Waals surface area contributed by atoms with Gasteiger partial charge >= 0.3 is 6.18 Å². The lowest BCUT2D eigenvalue weighted by atomic mass is 9.85. The van der Waals surface area contributed by atoms with Crippen LogP contribution in [0.2, 0.25) is 0 Å². The van der Waals surface area contributed by atoms with Crippen LogP contribution in [0.1, 0.15) is 47.4 Å². The van der Waals surface area contributed by atoms with Crippen LogP contribution in [0.4, 0.5) is 18.3 Å². The molecule has 0 radical (unpaired) electrons. The zero-order chi connectivity index (χ0) is 20.5. The lowest BCUT2D eigenvalue weighted by molar-refractivity contribution is -0.144. The summed E-state index contributed by atoms with van der Waals surface area (Å²) in [6.07, 6.45) is -3.78. The maximum atomic E-state index is 13.3. The summed E-state index contributed by atoms with van der Waals surface area (Å²) >= 11 is 1.12. The van der Waals surface area contributed by atoms with Crippen molar-refractivity contribution in [2.24, 2.45) is 0 Å². The lowest BCUT2D eigenvalue weighted by Gasteiger charge is -2.21. The molecule has 0 aliphatic rings. The standard InChI is InChI=1S/C18H18F3N5OS/c1-4-26-13(18(19,20)21)12(10-22-26)14(27)23-16-25-24-15(28-16)17(2,3)11-8-6-5-7-9-11/h5-10H,4H2,1-3H3,(H,23,25,27). The van der Waals surface area contributed by atoms with E-state index < -0.39 is 28.8 Å². The van der Waals surface area contributed by atoms with Crippen molar-refractivity contribution < 1.29 is 18.0 Å². The van der Waals surface area contributed by atoms with E-state index in [-0.39, 0.29) is 11.7 Å². The monoisotopic (exact) mass is 409 g/mol. The highest BCUT2D eigenvalue weighted by Crippen LogP contribution is 2.35. The van der Waals surface area contributed by atoms with Crippen LogP contribution in [-0.2, 0) is 18.1 Å². The number of rotatable bonds is 5. The number of hydrogen-bond donors (Lipinski definition) is 1. The van der Waals surface area contributed by atoms with Gasteiger partial charge in [-0.25, -0.2) is 0 Å². The molecule has 6 nitrogen and oxygen atoms in total. The molecule has 10 heteroatoms. The first-order chi connectivity index (χ1) is 13.1. The van der Waals surface area contributed by atoms with Crippen molar-refractivity contribution in [1.82, 2.24) is 20.0 Å². The summed E-state index contributed by atoms with van der Waals surface area (Å²) in [7, 11) is 0. The van der Waals surface area contributed by atoms with Gasteiger partial charge in [-0.1, -0.05) is 41.7 Å². The van der Waals surface area contributed by atoms with E-state index in [4.69, 9.17) is 0 Å². The summed E-state index contributed by atoms with van der Waals surface area (Å²) in [5.74, 6) is -0.924. The van der Waals surface area contributed by atoms with Crippen LogP contribution in [0.5, 0.6) is 0 Å². The summed E-state index contributed by atoms with van der Waals surface area (Å²) in [5, 5.41) is 14.9. The first-order valence-corrected chi connectivity index (χ1v) is 9.30. The van der Waals surface area contributed by atoms with Gasteiger partial charge in [0.25, 0.3) is 5.91 Å². The quantitative estimate of drug-likeness (QED) is 0.680. The van der Waals surface area contributed by atoms with Crippen LogP contribution >= 0.6 is 11.3 Å². The molecule has 0 aliphatic heterocycles. The third-order valence-electron chi connectivity index (χ3n) is 4.33. The minimum absolute atomic E-state index is 0.00363. The van der Waals surface area contributed by atoms with Crippen LogP contribution in [0.15, 0.2) is 36.5 Å². The predicted molar refractivity (Wildman–Crippen MR) is 99.3 cm³/mol. The molecule has 0 fully saturated rings. The molecule has 148 valence electrons. The number of anilines is 1. The van der Waals surface area contributed by atoms with Crippen LogP contribution in [0, 0.1) is 0 Å². The normalized spacial score (nSPS) is 12.2. The number of alkyl halides is 3. The molecule has 2 aromatic heterocycles. The molecule has 0 unspecified atom stereocenters.